The lowest BCUT2D eigenvalue weighted by Gasteiger charge is -2.13. The minimum absolute atomic E-state index is 0.337. The Kier molecular flexibility index (Phi) is 6.58. The summed E-state index contributed by atoms with van der Waals surface area (Å²) in [5.41, 5.74) is 3.17. The highest BCUT2D eigenvalue weighted by Crippen LogP contribution is 2.33. The summed E-state index contributed by atoms with van der Waals surface area (Å²) in [5, 5.41) is 9.75. The summed E-state index contributed by atoms with van der Waals surface area (Å²) in [6.45, 7) is 0.554. The van der Waals surface area contributed by atoms with Crippen LogP contribution in [0.15, 0.2) is 87.2 Å². The average molecular weight is 489 g/mol. The molecule has 0 saturated heterocycles. The van der Waals surface area contributed by atoms with Crippen molar-refractivity contribution in [1.29, 1.82) is 0 Å². The molecule has 178 valence electrons. The van der Waals surface area contributed by atoms with Gasteiger partial charge in [0.1, 0.15) is 11.5 Å². The van der Waals surface area contributed by atoms with E-state index in [1.165, 1.54) is 0 Å². The van der Waals surface area contributed by atoms with Crippen molar-refractivity contribution in [2.24, 2.45) is 0 Å². The van der Waals surface area contributed by atoms with E-state index >= 15 is 0 Å². The molecule has 0 saturated carbocycles. The number of methoxy groups -OCH3 is 2. The molecule has 9 heteroatoms. The molecular formula is C26H24N4O4S. The van der Waals surface area contributed by atoms with Crippen molar-refractivity contribution >= 4 is 22.9 Å². The van der Waals surface area contributed by atoms with Crippen molar-refractivity contribution in [3.05, 3.63) is 83.3 Å². The molecule has 5 rings (SSSR count). The van der Waals surface area contributed by atoms with Crippen LogP contribution >= 0.6 is 11.8 Å². The number of aryl methyl sites for hydroxylation is 1. The van der Waals surface area contributed by atoms with Crippen LogP contribution in [0, 0.1) is 0 Å². The second-order valence-corrected chi connectivity index (χ2v) is 8.79. The summed E-state index contributed by atoms with van der Waals surface area (Å²) in [6, 6.07) is 23.0. The number of para-hydroxylation sites is 3. The number of fused-ring (bicyclic) bond motifs is 1. The Balaban J connectivity index is 1.41. The zero-order chi connectivity index (χ0) is 24.2. The third-order valence-electron chi connectivity index (χ3n) is 5.64. The Morgan fingerprint density at radius 3 is 2.49 bits per heavy atom. The van der Waals surface area contributed by atoms with Crippen LogP contribution in [0.2, 0.25) is 0 Å². The highest BCUT2D eigenvalue weighted by atomic mass is 32.2. The van der Waals surface area contributed by atoms with Crippen molar-refractivity contribution in [2.75, 3.05) is 20.0 Å². The molecule has 0 fully saturated rings. The SMILES string of the molecule is COc1ccc(-n2c(SCCCn3c(=O)oc4ccccc43)nnc2-c2ccccc2OC)cc1. The fourth-order valence-corrected chi connectivity index (χ4v) is 4.82. The average Bonchev–Trinajstić information content (AvgIpc) is 3.46. The van der Waals surface area contributed by atoms with Gasteiger partial charge < -0.3 is 13.9 Å². The van der Waals surface area contributed by atoms with Crippen LogP contribution in [0.4, 0.5) is 0 Å². The molecule has 0 bridgehead atoms. The van der Waals surface area contributed by atoms with Gasteiger partial charge in [0.25, 0.3) is 0 Å². The molecule has 2 aromatic heterocycles. The van der Waals surface area contributed by atoms with Gasteiger partial charge in [0.2, 0.25) is 0 Å². The van der Waals surface area contributed by atoms with Gasteiger partial charge in [-0.1, -0.05) is 36.0 Å². The van der Waals surface area contributed by atoms with E-state index < -0.39 is 0 Å². The second kappa shape index (κ2) is 10.1. The van der Waals surface area contributed by atoms with E-state index in [1.54, 1.807) is 36.6 Å². The van der Waals surface area contributed by atoms with E-state index in [9.17, 15) is 4.79 Å². The lowest BCUT2D eigenvalue weighted by molar-refractivity contribution is 0.414. The Morgan fingerprint density at radius 2 is 1.69 bits per heavy atom. The van der Waals surface area contributed by atoms with Crippen LogP contribution in [0.25, 0.3) is 28.2 Å². The number of thioether (sulfide) groups is 1. The first-order valence-corrected chi connectivity index (χ1v) is 12.1. The van der Waals surface area contributed by atoms with Gasteiger partial charge in [-0.25, -0.2) is 4.79 Å². The van der Waals surface area contributed by atoms with Crippen molar-refractivity contribution < 1.29 is 13.9 Å². The van der Waals surface area contributed by atoms with Gasteiger partial charge in [-0.3, -0.25) is 9.13 Å². The van der Waals surface area contributed by atoms with Crippen molar-refractivity contribution in [1.82, 2.24) is 19.3 Å². The highest BCUT2D eigenvalue weighted by molar-refractivity contribution is 7.99. The monoisotopic (exact) mass is 488 g/mol. The van der Waals surface area contributed by atoms with Crippen LogP contribution in [-0.2, 0) is 6.54 Å². The number of rotatable bonds is 9. The minimum atomic E-state index is -0.337. The van der Waals surface area contributed by atoms with Crippen LogP contribution in [0.3, 0.4) is 0 Å². The Morgan fingerprint density at radius 1 is 0.914 bits per heavy atom. The molecule has 0 aliphatic carbocycles. The zero-order valence-electron chi connectivity index (χ0n) is 19.4. The van der Waals surface area contributed by atoms with Gasteiger partial charge in [0, 0.05) is 12.3 Å². The van der Waals surface area contributed by atoms with E-state index in [2.05, 4.69) is 10.2 Å². The van der Waals surface area contributed by atoms with E-state index in [4.69, 9.17) is 13.9 Å². The quantitative estimate of drug-likeness (QED) is 0.212. The summed E-state index contributed by atoms with van der Waals surface area (Å²) in [6.07, 6.45) is 0.758. The van der Waals surface area contributed by atoms with E-state index in [0.29, 0.717) is 18.0 Å². The van der Waals surface area contributed by atoms with Gasteiger partial charge >= 0.3 is 5.76 Å². The summed E-state index contributed by atoms with van der Waals surface area (Å²) < 4.78 is 19.9. The first-order chi connectivity index (χ1) is 17.2. The smallest absolute Gasteiger partial charge is 0.419 e. The second-order valence-electron chi connectivity index (χ2n) is 7.73. The summed E-state index contributed by atoms with van der Waals surface area (Å²) in [4.78, 5) is 12.3. The topological polar surface area (TPSA) is 84.3 Å². The maximum absolute atomic E-state index is 12.3. The van der Waals surface area contributed by atoms with E-state index in [1.807, 2.05) is 71.3 Å². The highest BCUT2D eigenvalue weighted by Gasteiger charge is 2.19. The third-order valence-corrected chi connectivity index (χ3v) is 6.66. The number of nitrogens with zero attached hydrogens (tertiary/aromatic N) is 4. The van der Waals surface area contributed by atoms with Gasteiger partial charge in [0.15, 0.2) is 16.6 Å². The molecule has 3 aromatic carbocycles. The zero-order valence-corrected chi connectivity index (χ0v) is 20.2. The number of ether oxygens (including phenoxy) is 2. The molecule has 0 atom stereocenters. The minimum Gasteiger partial charge on any atom is -0.497 e. The number of oxazole rings is 1. The number of benzene rings is 3. The lowest BCUT2D eigenvalue weighted by atomic mass is 10.2. The fourth-order valence-electron chi connectivity index (χ4n) is 3.94. The molecule has 2 heterocycles. The van der Waals surface area contributed by atoms with Crippen LogP contribution in [0.1, 0.15) is 6.42 Å². The first kappa shape index (κ1) is 22.8. The van der Waals surface area contributed by atoms with Crippen LogP contribution in [0.5, 0.6) is 11.5 Å². The van der Waals surface area contributed by atoms with Crippen molar-refractivity contribution in [2.45, 2.75) is 18.1 Å². The van der Waals surface area contributed by atoms with E-state index in [-0.39, 0.29) is 5.76 Å². The van der Waals surface area contributed by atoms with Crippen LogP contribution < -0.4 is 15.2 Å². The maximum Gasteiger partial charge on any atom is 0.419 e. The molecular weight excluding hydrogens is 464 g/mol. The molecule has 0 spiro atoms. The molecule has 0 aliphatic rings. The molecule has 5 aromatic rings. The molecule has 35 heavy (non-hydrogen) atoms. The Bertz CT molecular complexity index is 1500. The predicted molar refractivity (Wildman–Crippen MR) is 136 cm³/mol. The normalized spacial score (nSPS) is 11.1. The Labute approximate surface area is 206 Å². The number of aromatic nitrogens is 4. The molecule has 0 amide bonds. The molecule has 8 nitrogen and oxygen atoms in total. The van der Waals surface area contributed by atoms with Crippen molar-refractivity contribution in [3.63, 3.8) is 0 Å². The van der Waals surface area contributed by atoms with Gasteiger partial charge in [0.05, 0.1) is 31.0 Å². The number of hydrogen-bond acceptors (Lipinski definition) is 7. The third kappa shape index (κ3) is 4.54. The van der Waals surface area contributed by atoms with Crippen molar-refractivity contribution in [3.8, 4) is 28.6 Å². The van der Waals surface area contributed by atoms with Gasteiger partial charge in [-0.15, -0.1) is 10.2 Å². The molecule has 0 unspecified atom stereocenters. The molecule has 0 aliphatic heterocycles. The van der Waals surface area contributed by atoms with Gasteiger partial charge in [-0.05, 0) is 55.0 Å². The first-order valence-electron chi connectivity index (χ1n) is 11.1. The lowest BCUT2D eigenvalue weighted by Crippen LogP contribution is -2.14. The number of hydrogen-bond donors (Lipinski definition) is 0. The largest absolute Gasteiger partial charge is 0.497 e. The maximum atomic E-state index is 12.3. The summed E-state index contributed by atoms with van der Waals surface area (Å²) in [7, 11) is 3.29. The standard InChI is InChI=1S/C26H24N4O4S/c1-32-19-14-12-18(13-15-19)30-24(20-8-3-5-10-22(20)33-2)27-28-25(30)35-17-7-16-29-21-9-4-6-11-23(21)34-26(29)31/h3-6,8-15H,7,16-17H2,1-2H3. The van der Waals surface area contributed by atoms with E-state index in [0.717, 1.165) is 45.6 Å². The Hall–Kier alpha value is -3.98. The molecule has 0 radical (unpaired) electrons. The predicted octanol–water partition coefficient (Wildman–Crippen LogP) is 5.04. The summed E-state index contributed by atoms with van der Waals surface area (Å²) >= 11 is 1.59. The fraction of sp³-hybridized carbons (Fsp3) is 0.192. The molecule has 0 N–H and O–H groups in total. The van der Waals surface area contributed by atoms with Gasteiger partial charge in [-0.2, -0.15) is 0 Å². The van der Waals surface area contributed by atoms with Crippen LogP contribution in [-0.4, -0.2) is 39.3 Å². The summed E-state index contributed by atoms with van der Waals surface area (Å²) in [5.74, 6) is 2.58.